The van der Waals surface area contributed by atoms with Crippen molar-refractivity contribution in [3.05, 3.63) is 53.5 Å². The molecule has 0 saturated heterocycles. The number of methoxy groups -OCH3 is 1. The van der Waals surface area contributed by atoms with Crippen LogP contribution in [-0.2, 0) is 6.18 Å². The van der Waals surface area contributed by atoms with Crippen LogP contribution in [0.2, 0.25) is 0 Å². The summed E-state index contributed by atoms with van der Waals surface area (Å²) in [6, 6.07) is 6.07. The van der Waals surface area contributed by atoms with Gasteiger partial charge in [-0.05, 0) is 25.1 Å². The Morgan fingerprint density at radius 3 is 2.69 bits per heavy atom. The van der Waals surface area contributed by atoms with Crippen molar-refractivity contribution in [2.75, 3.05) is 12.4 Å². The summed E-state index contributed by atoms with van der Waals surface area (Å²) in [4.78, 5) is 12.3. The van der Waals surface area contributed by atoms with Gasteiger partial charge in [0.25, 0.3) is 5.91 Å². The Morgan fingerprint density at radius 1 is 1.31 bits per heavy atom. The maximum atomic E-state index is 12.9. The predicted octanol–water partition coefficient (Wildman–Crippen LogP) is 3.45. The molecule has 0 spiro atoms. The van der Waals surface area contributed by atoms with Crippen LogP contribution in [0.1, 0.15) is 21.8 Å². The fourth-order valence-corrected chi connectivity index (χ4v) is 2.22. The average Bonchev–Trinajstić information content (AvgIpc) is 3.20. The van der Waals surface area contributed by atoms with E-state index in [2.05, 4.69) is 15.6 Å². The largest absolute Gasteiger partial charge is 0.493 e. The maximum Gasteiger partial charge on any atom is 0.416 e. The van der Waals surface area contributed by atoms with Crippen molar-refractivity contribution in [3.63, 3.8) is 0 Å². The second-order valence-electron chi connectivity index (χ2n) is 5.32. The number of nitrogens with zero attached hydrogens (tertiary/aromatic N) is 3. The number of alkyl halides is 3. The van der Waals surface area contributed by atoms with Crippen molar-refractivity contribution >= 4 is 11.7 Å². The van der Waals surface area contributed by atoms with Crippen LogP contribution in [0, 0.1) is 6.92 Å². The molecule has 0 atom stereocenters. The number of benzene rings is 1. The van der Waals surface area contributed by atoms with E-state index in [1.54, 1.807) is 6.92 Å². The van der Waals surface area contributed by atoms with Gasteiger partial charge in [-0.25, -0.2) is 4.68 Å². The third kappa shape index (κ3) is 3.53. The summed E-state index contributed by atoms with van der Waals surface area (Å²) >= 11 is 0. The van der Waals surface area contributed by atoms with Crippen LogP contribution in [0.15, 0.2) is 41.1 Å². The van der Waals surface area contributed by atoms with Gasteiger partial charge < -0.3 is 14.6 Å². The minimum absolute atomic E-state index is 0.0973. The van der Waals surface area contributed by atoms with Crippen LogP contribution in [0.25, 0.3) is 5.69 Å². The van der Waals surface area contributed by atoms with Crippen molar-refractivity contribution in [2.45, 2.75) is 13.1 Å². The van der Waals surface area contributed by atoms with Crippen LogP contribution in [0.4, 0.5) is 19.0 Å². The van der Waals surface area contributed by atoms with E-state index in [9.17, 15) is 18.0 Å². The summed E-state index contributed by atoms with van der Waals surface area (Å²) in [7, 11) is 1.32. The number of ether oxygens (including phenoxy) is 1. The van der Waals surface area contributed by atoms with E-state index < -0.39 is 17.6 Å². The maximum absolute atomic E-state index is 12.9. The summed E-state index contributed by atoms with van der Waals surface area (Å²) in [5.41, 5.74) is -0.798. The first-order chi connectivity index (χ1) is 12.3. The molecule has 0 saturated carbocycles. The average molecular weight is 366 g/mol. The highest BCUT2D eigenvalue weighted by molar-refractivity contribution is 6.04. The molecule has 10 heteroatoms. The number of amides is 1. The van der Waals surface area contributed by atoms with Gasteiger partial charge in [0.1, 0.15) is 5.76 Å². The van der Waals surface area contributed by atoms with Gasteiger partial charge in [-0.15, -0.1) is 0 Å². The van der Waals surface area contributed by atoms with Crippen molar-refractivity contribution in [1.82, 2.24) is 14.9 Å². The van der Waals surface area contributed by atoms with Crippen molar-refractivity contribution in [1.29, 1.82) is 0 Å². The zero-order chi connectivity index (χ0) is 18.9. The molecular weight excluding hydrogens is 353 g/mol. The van der Waals surface area contributed by atoms with Crippen LogP contribution in [-0.4, -0.2) is 28.0 Å². The molecule has 0 aliphatic rings. The van der Waals surface area contributed by atoms with E-state index >= 15 is 0 Å². The van der Waals surface area contributed by atoms with Gasteiger partial charge in [-0.3, -0.25) is 4.79 Å². The fourth-order valence-electron chi connectivity index (χ4n) is 2.22. The number of aromatic nitrogens is 3. The number of carbonyl (C=O) groups excluding carboxylic acids is 1. The number of rotatable bonds is 4. The number of hydrogen-bond acceptors (Lipinski definition) is 5. The minimum Gasteiger partial charge on any atom is -0.493 e. The zero-order valence-corrected chi connectivity index (χ0v) is 13.7. The standard InChI is InChI=1S/C16H13F3N4O3/c1-9-6-13(22-26-9)20-15(24)14-12(25-2)8-23(21-14)11-5-3-4-10(7-11)16(17,18)19/h3-8H,1-2H3,(H,20,22,24). The summed E-state index contributed by atoms with van der Waals surface area (Å²) in [5, 5.41) is 10.1. The first-order valence-corrected chi connectivity index (χ1v) is 7.34. The topological polar surface area (TPSA) is 82.2 Å². The molecular formula is C16H13F3N4O3. The lowest BCUT2D eigenvalue weighted by Crippen LogP contribution is -2.14. The fraction of sp³-hybridized carbons (Fsp3) is 0.188. The second kappa shape index (κ2) is 6.54. The number of aryl methyl sites for hydroxylation is 1. The smallest absolute Gasteiger partial charge is 0.416 e. The summed E-state index contributed by atoms with van der Waals surface area (Å²) in [6.07, 6.45) is -3.17. The molecule has 1 amide bonds. The van der Waals surface area contributed by atoms with E-state index in [0.717, 1.165) is 16.8 Å². The highest BCUT2D eigenvalue weighted by atomic mass is 19.4. The Labute approximate surface area is 145 Å². The van der Waals surface area contributed by atoms with Crippen molar-refractivity contribution in [2.24, 2.45) is 0 Å². The van der Waals surface area contributed by atoms with Gasteiger partial charge in [0.2, 0.25) is 0 Å². The third-order valence-corrected chi connectivity index (χ3v) is 3.42. The molecule has 2 heterocycles. The Hall–Kier alpha value is -3.30. The number of halogens is 3. The molecule has 7 nitrogen and oxygen atoms in total. The van der Waals surface area contributed by atoms with Crippen LogP contribution in [0.3, 0.4) is 0 Å². The second-order valence-corrected chi connectivity index (χ2v) is 5.32. The van der Waals surface area contributed by atoms with Gasteiger partial charge >= 0.3 is 6.18 Å². The van der Waals surface area contributed by atoms with E-state index in [-0.39, 0.29) is 22.9 Å². The number of anilines is 1. The van der Waals surface area contributed by atoms with E-state index in [0.29, 0.717) is 5.76 Å². The summed E-state index contributed by atoms with van der Waals surface area (Å²) < 4.78 is 49.7. The molecule has 136 valence electrons. The molecule has 3 aromatic rings. The van der Waals surface area contributed by atoms with Crippen LogP contribution >= 0.6 is 0 Å². The first kappa shape index (κ1) is 17.5. The number of hydrogen-bond donors (Lipinski definition) is 1. The zero-order valence-electron chi connectivity index (χ0n) is 13.7. The normalized spacial score (nSPS) is 11.4. The van der Waals surface area contributed by atoms with Gasteiger partial charge in [-0.2, -0.15) is 18.3 Å². The molecule has 0 bridgehead atoms. The third-order valence-electron chi connectivity index (χ3n) is 3.42. The predicted molar refractivity (Wildman–Crippen MR) is 84.3 cm³/mol. The first-order valence-electron chi connectivity index (χ1n) is 7.34. The van der Waals surface area contributed by atoms with Crippen molar-refractivity contribution < 1.29 is 27.2 Å². The highest BCUT2D eigenvalue weighted by Gasteiger charge is 2.30. The lowest BCUT2D eigenvalue weighted by molar-refractivity contribution is -0.137. The molecule has 1 N–H and O–H groups in total. The van der Waals surface area contributed by atoms with Gasteiger partial charge in [0.05, 0.1) is 24.6 Å². The highest BCUT2D eigenvalue weighted by Crippen LogP contribution is 2.30. The van der Waals surface area contributed by atoms with Crippen LogP contribution < -0.4 is 10.1 Å². The Morgan fingerprint density at radius 2 is 2.08 bits per heavy atom. The van der Waals surface area contributed by atoms with E-state index in [1.165, 1.54) is 31.5 Å². The summed E-state index contributed by atoms with van der Waals surface area (Å²) in [5.74, 6) is 0.144. The molecule has 0 radical (unpaired) electrons. The van der Waals surface area contributed by atoms with Crippen molar-refractivity contribution in [3.8, 4) is 11.4 Å². The van der Waals surface area contributed by atoms with Gasteiger partial charge in [0, 0.05) is 6.07 Å². The summed E-state index contributed by atoms with van der Waals surface area (Å²) in [6.45, 7) is 1.66. The quantitative estimate of drug-likeness (QED) is 0.765. The molecule has 0 aliphatic carbocycles. The lowest BCUT2D eigenvalue weighted by Gasteiger charge is -2.08. The monoisotopic (exact) mass is 366 g/mol. The Kier molecular flexibility index (Phi) is 4.41. The van der Waals surface area contributed by atoms with Crippen LogP contribution in [0.5, 0.6) is 5.75 Å². The number of nitrogens with one attached hydrogen (secondary N) is 1. The number of carbonyl (C=O) groups is 1. The Balaban J connectivity index is 1.93. The molecule has 0 fully saturated rings. The minimum atomic E-state index is -4.49. The SMILES string of the molecule is COc1cn(-c2cccc(C(F)(F)F)c2)nc1C(=O)Nc1cc(C)on1. The molecule has 3 rings (SSSR count). The molecule has 0 unspecified atom stereocenters. The molecule has 2 aromatic heterocycles. The van der Waals surface area contributed by atoms with Gasteiger partial charge in [0.15, 0.2) is 17.3 Å². The molecule has 1 aromatic carbocycles. The molecule has 0 aliphatic heterocycles. The van der Waals surface area contributed by atoms with E-state index in [4.69, 9.17) is 9.26 Å². The van der Waals surface area contributed by atoms with E-state index in [1.807, 2.05) is 0 Å². The Bertz CT molecular complexity index is 946. The van der Waals surface area contributed by atoms with Gasteiger partial charge in [-0.1, -0.05) is 11.2 Å². The lowest BCUT2D eigenvalue weighted by atomic mass is 10.2. The molecule has 26 heavy (non-hydrogen) atoms.